The number of hydrogen-bond acceptors (Lipinski definition) is 7. The van der Waals surface area contributed by atoms with Crippen LogP contribution in [-0.2, 0) is 9.53 Å². The molecule has 0 saturated heterocycles. The fourth-order valence-electron chi connectivity index (χ4n) is 1.71. The average Bonchev–Trinajstić information content (AvgIpc) is 3.14. The quantitative estimate of drug-likeness (QED) is 0.428. The molecular weight excluding hydrogens is 322 g/mol. The van der Waals surface area contributed by atoms with Gasteiger partial charge in [0, 0.05) is 20.3 Å². The SMILES string of the molecule is COCCCNC(=O)C(C)Sc1nnc(-c2cccs2)n1N. The summed E-state index contributed by atoms with van der Waals surface area (Å²) in [6.07, 6.45) is 0.787. The summed E-state index contributed by atoms with van der Waals surface area (Å²) in [4.78, 5) is 12.9. The van der Waals surface area contributed by atoms with E-state index in [4.69, 9.17) is 10.6 Å². The predicted octanol–water partition coefficient (Wildman–Crippen LogP) is 1.35. The van der Waals surface area contributed by atoms with Crippen molar-refractivity contribution >= 4 is 29.0 Å². The van der Waals surface area contributed by atoms with E-state index >= 15 is 0 Å². The third-order valence-corrected chi connectivity index (χ3v) is 4.80. The van der Waals surface area contributed by atoms with E-state index in [1.54, 1.807) is 18.4 Å². The highest BCUT2D eigenvalue weighted by atomic mass is 32.2. The van der Waals surface area contributed by atoms with Gasteiger partial charge in [-0.2, -0.15) is 0 Å². The van der Waals surface area contributed by atoms with Gasteiger partial charge in [0.2, 0.25) is 11.1 Å². The minimum atomic E-state index is -0.301. The molecule has 1 amide bonds. The maximum absolute atomic E-state index is 12.0. The number of nitrogens with zero attached hydrogens (tertiary/aromatic N) is 3. The maximum Gasteiger partial charge on any atom is 0.233 e. The first-order valence-corrected chi connectivity index (χ1v) is 8.57. The van der Waals surface area contributed by atoms with E-state index in [1.807, 2.05) is 24.4 Å². The molecule has 2 aromatic rings. The van der Waals surface area contributed by atoms with Crippen LogP contribution in [0.1, 0.15) is 13.3 Å². The molecule has 0 aliphatic heterocycles. The Kier molecular flexibility index (Phi) is 6.22. The van der Waals surface area contributed by atoms with Gasteiger partial charge >= 0.3 is 0 Å². The van der Waals surface area contributed by atoms with Gasteiger partial charge < -0.3 is 15.9 Å². The molecular formula is C13H19N5O2S2. The molecule has 1 unspecified atom stereocenters. The largest absolute Gasteiger partial charge is 0.385 e. The summed E-state index contributed by atoms with van der Waals surface area (Å²) >= 11 is 2.83. The number of carbonyl (C=O) groups excluding carboxylic acids is 1. The van der Waals surface area contributed by atoms with Gasteiger partial charge in [-0.25, -0.2) is 4.68 Å². The first-order chi connectivity index (χ1) is 10.6. The van der Waals surface area contributed by atoms with Crippen molar-refractivity contribution in [3.63, 3.8) is 0 Å². The summed E-state index contributed by atoms with van der Waals surface area (Å²) in [5.74, 6) is 6.56. The van der Waals surface area contributed by atoms with Gasteiger partial charge in [-0.05, 0) is 24.8 Å². The number of thioether (sulfide) groups is 1. The molecule has 0 spiro atoms. The van der Waals surface area contributed by atoms with Crippen LogP contribution in [0.25, 0.3) is 10.7 Å². The minimum absolute atomic E-state index is 0.0539. The molecule has 0 aliphatic carbocycles. The average molecular weight is 341 g/mol. The third kappa shape index (κ3) is 4.21. The topological polar surface area (TPSA) is 95.1 Å². The zero-order valence-corrected chi connectivity index (χ0v) is 14.1. The Balaban J connectivity index is 1.92. The number of aromatic nitrogens is 3. The van der Waals surface area contributed by atoms with Crippen molar-refractivity contribution in [2.45, 2.75) is 23.8 Å². The predicted molar refractivity (Wildman–Crippen MR) is 88.3 cm³/mol. The summed E-state index contributed by atoms with van der Waals surface area (Å²) in [5, 5.41) is 13.2. The first-order valence-electron chi connectivity index (χ1n) is 6.81. The summed E-state index contributed by atoms with van der Waals surface area (Å²) in [7, 11) is 1.64. The third-order valence-electron chi connectivity index (χ3n) is 2.88. The molecule has 7 nitrogen and oxygen atoms in total. The number of methoxy groups -OCH3 is 1. The Morgan fingerprint density at radius 2 is 2.41 bits per heavy atom. The standard InChI is InChI=1S/C13H19N5O2S2/c1-9(12(19)15-6-4-7-20-2)22-13-17-16-11(18(13)14)10-5-3-8-21-10/h3,5,8-9H,4,6-7,14H2,1-2H3,(H,15,19). The molecule has 0 fully saturated rings. The molecule has 9 heteroatoms. The number of ether oxygens (including phenoxy) is 1. The zero-order chi connectivity index (χ0) is 15.9. The number of amides is 1. The van der Waals surface area contributed by atoms with Crippen molar-refractivity contribution in [1.82, 2.24) is 20.2 Å². The van der Waals surface area contributed by atoms with Crippen LogP contribution in [0.2, 0.25) is 0 Å². The van der Waals surface area contributed by atoms with Crippen LogP contribution in [0.3, 0.4) is 0 Å². The fraction of sp³-hybridized carbons (Fsp3) is 0.462. The summed E-state index contributed by atoms with van der Waals surface area (Å²) < 4.78 is 6.36. The molecule has 2 aromatic heterocycles. The summed E-state index contributed by atoms with van der Waals surface area (Å²) in [5.41, 5.74) is 0. The van der Waals surface area contributed by atoms with Gasteiger partial charge in [0.1, 0.15) is 0 Å². The van der Waals surface area contributed by atoms with E-state index in [9.17, 15) is 4.79 Å². The van der Waals surface area contributed by atoms with Crippen molar-refractivity contribution in [1.29, 1.82) is 0 Å². The second-order valence-electron chi connectivity index (χ2n) is 4.55. The number of hydrogen-bond donors (Lipinski definition) is 2. The lowest BCUT2D eigenvalue weighted by Crippen LogP contribution is -2.32. The lowest BCUT2D eigenvalue weighted by Gasteiger charge is -2.11. The van der Waals surface area contributed by atoms with Crippen LogP contribution in [0.5, 0.6) is 0 Å². The fourth-order valence-corrected chi connectivity index (χ4v) is 3.21. The molecule has 0 radical (unpaired) electrons. The molecule has 0 bridgehead atoms. The van der Waals surface area contributed by atoms with Crippen molar-refractivity contribution < 1.29 is 9.53 Å². The van der Waals surface area contributed by atoms with Crippen LogP contribution >= 0.6 is 23.1 Å². The molecule has 0 saturated carbocycles. The summed E-state index contributed by atoms with van der Waals surface area (Å²) in [6.45, 7) is 3.03. The van der Waals surface area contributed by atoms with Crippen LogP contribution in [-0.4, -0.2) is 46.3 Å². The molecule has 1 atom stereocenters. The van der Waals surface area contributed by atoms with Crippen LogP contribution < -0.4 is 11.2 Å². The van der Waals surface area contributed by atoms with Crippen molar-refractivity contribution in [2.75, 3.05) is 26.1 Å². The lowest BCUT2D eigenvalue weighted by molar-refractivity contribution is -0.120. The van der Waals surface area contributed by atoms with Gasteiger partial charge in [-0.1, -0.05) is 17.8 Å². The number of nitrogens with two attached hydrogens (primary N) is 1. The van der Waals surface area contributed by atoms with Gasteiger partial charge in [-0.15, -0.1) is 21.5 Å². The van der Waals surface area contributed by atoms with E-state index in [0.717, 1.165) is 11.3 Å². The van der Waals surface area contributed by atoms with E-state index in [0.29, 0.717) is 24.1 Å². The van der Waals surface area contributed by atoms with Crippen molar-refractivity contribution in [2.24, 2.45) is 0 Å². The number of carbonyl (C=O) groups is 1. The normalized spacial score (nSPS) is 12.3. The Bertz CT molecular complexity index is 600. The van der Waals surface area contributed by atoms with Gasteiger partial charge in [0.05, 0.1) is 10.1 Å². The van der Waals surface area contributed by atoms with E-state index in [-0.39, 0.29) is 11.2 Å². The number of nitrogens with one attached hydrogen (secondary N) is 1. The second kappa shape index (κ2) is 8.16. The summed E-state index contributed by atoms with van der Waals surface area (Å²) in [6, 6.07) is 3.86. The van der Waals surface area contributed by atoms with Crippen LogP contribution in [0.4, 0.5) is 0 Å². The number of thiophene rings is 1. The molecule has 0 aromatic carbocycles. The lowest BCUT2D eigenvalue weighted by atomic mass is 10.4. The van der Waals surface area contributed by atoms with Crippen molar-refractivity contribution in [3.05, 3.63) is 17.5 Å². The van der Waals surface area contributed by atoms with Gasteiger partial charge in [0.25, 0.3) is 0 Å². The maximum atomic E-state index is 12.0. The highest BCUT2D eigenvalue weighted by Crippen LogP contribution is 2.27. The van der Waals surface area contributed by atoms with Gasteiger partial charge in [0.15, 0.2) is 5.82 Å². The highest BCUT2D eigenvalue weighted by molar-refractivity contribution is 8.00. The molecule has 0 aliphatic rings. The number of rotatable bonds is 8. The van der Waals surface area contributed by atoms with E-state index in [1.165, 1.54) is 16.4 Å². The molecule has 120 valence electrons. The Labute approximate surface area is 137 Å². The van der Waals surface area contributed by atoms with Crippen LogP contribution in [0.15, 0.2) is 22.7 Å². The van der Waals surface area contributed by atoms with Gasteiger partial charge in [-0.3, -0.25) is 4.79 Å². The Morgan fingerprint density at radius 1 is 1.59 bits per heavy atom. The minimum Gasteiger partial charge on any atom is -0.385 e. The highest BCUT2D eigenvalue weighted by Gasteiger charge is 2.19. The second-order valence-corrected chi connectivity index (χ2v) is 6.81. The first kappa shape index (κ1) is 16.8. The monoisotopic (exact) mass is 341 g/mol. The zero-order valence-electron chi connectivity index (χ0n) is 12.5. The molecule has 2 heterocycles. The van der Waals surface area contributed by atoms with Crippen LogP contribution in [0, 0.1) is 0 Å². The Hall–Kier alpha value is -1.58. The Morgan fingerprint density at radius 3 is 3.09 bits per heavy atom. The number of nitrogen functional groups attached to an aromatic ring is 1. The van der Waals surface area contributed by atoms with E-state index < -0.39 is 0 Å². The smallest absolute Gasteiger partial charge is 0.233 e. The molecule has 2 rings (SSSR count). The van der Waals surface area contributed by atoms with E-state index in [2.05, 4.69) is 15.5 Å². The molecule has 3 N–H and O–H groups in total. The van der Waals surface area contributed by atoms with Crippen molar-refractivity contribution in [3.8, 4) is 10.7 Å². The molecule has 22 heavy (non-hydrogen) atoms.